The Bertz CT molecular complexity index is 834. The van der Waals surface area contributed by atoms with Gasteiger partial charge in [0, 0.05) is 19.0 Å². The zero-order chi connectivity index (χ0) is 19.6. The van der Waals surface area contributed by atoms with Crippen LogP contribution in [0.25, 0.3) is 0 Å². The van der Waals surface area contributed by atoms with Crippen LogP contribution in [0, 0.1) is 5.92 Å². The van der Waals surface area contributed by atoms with Gasteiger partial charge in [-0.25, -0.2) is 17.6 Å². The molecular formula is C18H23FN2O5S. The van der Waals surface area contributed by atoms with Gasteiger partial charge in [0.1, 0.15) is 6.67 Å². The summed E-state index contributed by atoms with van der Waals surface area (Å²) >= 11 is 0. The molecule has 9 heteroatoms. The highest BCUT2D eigenvalue weighted by Crippen LogP contribution is 2.28. The van der Waals surface area contributed by atoms with Crippen molar-refractivity contribution in [1.82, 2.24) is 9.62 Å². The Hall–Kier alpha value is -2.00. The van der Waals surface area contributed by atoms with Gasteiger partial charge in [0.25, 0.3) is 0 Å². The standard InChI is InChI=1S/C18H23FN2O5S/c19-11-16(18(23)24)20-17(22)13-6-8-21(9-7-13)27(25,26)15-5-4-12-2-1-3-14(12)10-15/h4-5,10,13,16H,1-3,6-9,11H2,(H,20,22)(H,23,24). The molecule has 1 aliphatic heterocycles. The Morgan fingerprint density at radius 2 is 1.89 bits per heavy atom. The van der Waals surface area contributed by atoms with Gasteiger partial charge in [-0.1, -0.05) is 6.07 Å². The Morgan fingerprint density at radius 1 is 1.22 bits per heavy atom. The van der Waals surface area contributed by atoms with Crippen LogP contribution in [0.5, 0.6) is 0 Å². The third kappa shape index (κ3) is 4.14. The SMILES string of the molecule is O=C(NC(CF)C(=O)O)C1CCN(S(=O)(=O)c2ccc3c(c2)CCC3)CC1. The van der Waals surface area contributed by atoms with Crippen molar-refractivity contribution in [3.63, 3.8) is 0 Å². The highest BCUT2D eigenvalue weighted by Gasteiger charge is 2.33. The second-order valence-corrected chi connectivity index (χ2v) is 8.95. The third-order valence-corrected chi connectivity index (χ3v) is 7.20. The molecule has 1 fully saturated rings. The van der Waals surface area contributed by atoms with E-state index in [0.29, 0.717) is 0 Å². The molecule has 2 N–H and O–H groups in total. The van der Waals surface area contributed by atoms with E-state index in [9.17, 15) is 22.4 Å². The number of carbonyl (C=O) groups is 2. The topological polar surface area (TPSA) is 104 Å². The first-order valence-electron chi connectivity index (χ1n) is 9.04. The number of halogens is 1. The van der Waals surface area contributed by atoms with E-state index in [1.54, 1.807) is 12.1 Å². The molecule has 1 saturated heterocycles. The second-order valence-electron chi connectivity index (χ2n) is 7.02. The highest BCUT2D eigenvalue weighted by molar-refractivity contribution is 7.89. The van der Waals surface area contributed by atoms with E-state index in [1.807, 2.05) is 6.07 Å². The number of aryl methyl sites for hydroxylation is 2. The first-order valence-corrected chi connectivity index (χ1v) is 10.5. The van der Waals surface area contributed by atoms with E-state index < -0.39 is 40.5 Å². The largest absolute Gasteiger partial charge is 0.480 e. The Kier molecular flexibility index (Phi) is 5.81. The van der Waals surface area contributed by atoms with Crippen LogP contribution in [0.4, 0.5) is 4.39 Å². The van der Waals surface area contributed by atoms with Crippen molar-refractivity contribution in [1.29, 1.82) is 0 Å². The number of benzene rings is 1. The number of rotatable bonds is 6. The summed E-state index contributed by atoms with van der Waals surface area (Å²) in [5.74, 6) is -2.50. The summed E-state index contributed by atoms with van der Waals surface area (Å²) in [7, 11) is -3.63. The van der Waals surface area contributed by atoms with Crippen molar-refractivity contribution >= 4 is 21.9 Å². The monoisotopic (exact) mass is 398 g/mol. The van der Waals surface area contributed by atoms with Crippen molar-refractivity contribution in [2.24, 2.45) is 5.92 Å². The van der Waals surface area contributed by atoms with Gasteiger partial charge in [-0.05, 0) is 55.4 Å². The molecule has 1 aliphatic carbocycles. The Labute approximate surface area is 157 Å². The molecule has 1 amide bonds. The number of aliphatic carboxylic acids is 1. The van der Waals surface area contributed by atoms with Gasteiger partial charge in [0.2, 0.25) is 15.9 Å². The van der Waals surface area contributed by atoms with Gasteiger partial charge in [-0.3, -0.25) is 4.79 Å². The van der Waals surface area contributed by atoms with Crippen LogP contribution in [-0.4, -0.2) is 55.5 Å². The van der Waals surface area contributed by atoms with Crippen molar-refractivity contribution < 1.29 is 27.5 Å². The number of carbonyl (C=O) groups excluding carboxylic acids is 1. The number of carboxylic acids is 1. The lowest BCUT2D eigenvalue weighted by molar-refractivity contribution is -0.143. The van der Waals surface area contributed by atoms with Gasteiger partial charge in [-0.15, -0.1) is 0 Å². The van der Waals surface area contributed by atoms with Crippen LogP contribution < -0.4 is 5.32 Å². The highest BCUT2D eigenvalue weighted by atomic mass is 32.2. The summed E-state index contributed by atoms with van der Waals surface area (Å²) in [6, 6.07) is 3.69. The average Bonchev–Trinajstić information content (AvgIpc) is 3.13. The summed E-state index contributed by atoms with van der Waals surface area (Å²) in [6.45, 7) is -0.845. The molecule has 0 bridgehead atoms. The minimum atomic E-state index is -3.63. The van der Waals surface area contributed by atoms with E-state index in [2.05, 4.69) is 5.32 Å². The van der Waals surface area contributed by atoms with Gasteiger partial charge < -0.3 is 10.4 Å². The third-order valence-electron chi connectivity index (χ3n) is 5.30. The van der Waals surface area contributed by atoms with Crippen LogP contribution in [0.1, 0.15) is 30.4 Å². The van der Waals surface area contributed by atoms with E-state index in [4.69, 9.17) is 5.11 Å². The summed E-state index contributed by atoms with van der Waals surface area (Å²) in [5, 5.41) is 11.0. The minimum absolute atomic E-state index is 0.171. The van der Waals surface area contributed by atoms with Crippen LogP contribution in [-0.2, 0) is 32.5 Å². The molecular weight excluding hydrogens is 375 g/mol. The van der Waals surface area contributed by atoms with E-state index in [0.717, 1.165) is 24.8 Å². The molecule has 7 nitrogen and oxygen atoms in total. The molecule has 1 heterocycles. The molecule has 3 rings (SSSR count). The number of nitrogens with one attached hydrogen (secondary N) is 1. The number of alkyl halides is 1. The number of sulfonamides is 1. The van der Waals surface area contributed by atoms with Crippen LogP contribution in [0.15, 0.2) is 23.1 Å². The Morgan fingerprint density at radius 3 is 2.52 bits per heavy atom. The fraction of sp³-hybridized carbons (Fsp3) is 0.556. The summed E-state index contributed by atoms with van der Waals surface area (Å²) in [4.78, 5) is 23.2. The minimum Gasteiger partial charge on any atom is -0.480 e. The van der Waals surface area contributed by atoms with Crippen LogP contribution in [0.3, 0.4) is 0 Å². The maximum atomic E-state index is 12.9. The molecule has 0 aromatic heterocycles. The van der Waals surface area contributed by atoms with Gasteiger partial charge >= 0.3 is 5.97 Å². The van der Waals surface area contributed by atoms with Crippen molar-refractivity contribution in [3.05, 3.63) is 29.3 Å². The first-order chi connectivity index (χ1) is 12.8. The normalized spacial score (nSPS) is 19.4. The van der Waals surface area contributed by atoms with Crippen molar-refractivity contribution in [2.45, 2.75) is 43.0 Å². The van der Waals surface area contributed by atoms with E-state index in [-0.39, 0.29) is 30.8 Å². The molecule has 0 spiro atoms. The molecule has 27 heavy (non-hydrogen) atoms. The number of fused-ring (bicyclic) bond motifs is 1. The van der Waals surface area contributed by atoms with Crippen molar-refractivity contribution in [3.8, 4) is 0 Å². The maximum absolute atomic E-state index is 12.9. The average molecular weight is 398 g/mol. The first kappa shape index (κ1) is 19.8. The zero-order valence-electron chi connectivity index (χ0n) is 14.9. The number of carboxylic acid groups (broad SMARTS) is 1. The molecule has 2 aliphatic rings. The van der Waals surface area contributed by atoms with Gasteiger partial charge in [0.05, 0.1) is 4.90 Å². The van der Waals surface area contributed by atoms with Gasteiger partial charge in [-0.2, -0.15) is 4.31 Å². The summed E-state index contributed by atoms with van der Waals surface area (Å²) in [6.07, 6.45) is 3.45. The fourth-order valence-electron chi connectivity index (χ4n) is 3.67. The lowest BCUT2D eigenvalue weighted by Gasteiger charge is -2.31. The van der Waals surface area contributed by atoms with Gasteiger partial charge in [0.15, 0.2) is 6.04 Å². The number of piperidine rings is 1. The Balaban J connectivity index is 1.63. The molecule has 1 unspecified atom stereocenters. The summed E-state index contributed by atoms with van der Waals surface area (Å²) < 4.78 is 39.8. The molecule has 0 saturated carbocycles. The molecule has 1 atom stereocenters. The van der Waals surface area contributed by atoms with E-state index >= 15 is 0 Å². The lowest BCUT2D eigenvalue weighted by Crippen LogP contribution is -2.48. The quantitative estimate of drug-likeness (QED) is 0.747. The predicted octanol–water partition coefficient (Wildman–Crippen LogP) is 1.11. The smallest absolute Gasteiger partial charge is 0.328 e. The molecule has 1 aromatic carbocycles. The molecule has 0 radical (unpaired) electrons. The van der Waals surface area contributed by atoms with Crippen LogP contribution >= 0.6 is 0 Å². The number of amides is 1. The predicted molar refractivity (Wildman–Crippen MR) is 95.5 cm³/mol. The van der Waals surface area contributed by atoms with E-state index in [1.165, 1.54) is 9.87 Å². The molecule has 1 aromatic rings. The number of hydrogen-bond acceptors (Lipinski definition) is 4. The maximum Gasteiger partial charge on any atom is 0.328 e. The number of hydrogen-bond donors (Lipinski definition) is 2. The fourth-order valence-corrected chi connectivity index (χ4v) is 5.19. The summed E-state index contributed by atoms with van der Waals surface area (Å²) in [5.41, 5.74) is 2.28. The van der Waals surface area contributed by atoms with Crippen LogP contribution in [0.2, 0.25) is 0 Å². The second kappa shape index (κ2) is 7.93. The number of nitrogens with zero attached hydrogens (tertiary/aromatic N) is 1. The molecule has 148 valence electrons. The zero-order valence-corrected chi connectivity index (χ0v) is 15.7. The lowest BCUT2D eigenvalue weighted by atomic mass is 9.97. The van der Waals surface area contributed by atoms with Crippen molar-refractivity contribution in [2.75, 3.05) is 19.8 Å².